The second kappa shape index (κ2) is 8.13. The fourth-order valence-electron chi connectivity index (χ4n) is 2.46. The van der Waals surface area contributed by atoms with Gasteiger partial charge in [-0.15, -0.1) is 0 Å². The summed E-state index contributed by atoms with van der Waals surface area (Å²) < 4.78 is 5.64. The summed E-state index contributed by atoms with van der Waals surface area (Å²) in [5.74, 6) is 0.946. The van der Waals surface area contributed by atoms with E-state index in [-0.39, 0.29) is 5.91 Å². The fourth-order valence-corrected chi connectivity index (χ4v) is 2.72. The van der Waals surface area contributed by atoms with Gasteiger partial charge in [-0.2, -0.15) is 0 Å². The van der Waals surface area contributed by atoms with E-state index in [1.54, 1.807) is 12.1 Å². The third-order valence-corrected chi connectivity index (χ3v) is 3.82. The maximum Gasteiger partial charge on any atom is 0.257 e. The van der Waals surface area contributed by atoms with Gasteiger partial charge in [0.2, 0.25) is 0 Å². The second-order valence-corrected chi connectivity index (χ2v) is 6.55. The number of rotatable bonds is 5. The van der Waals surface area contributed by atoms with Crippen molar-refractivity contribution in [1.29, 1.82) is 0 Å². The molecule has 1 aromatic rings. The Hall–Kier alpha value is -1.62. The Labute approximate surface area is 137 Å². The van der Waals surface area contributed by atoms with Crippen molar-refractivity contribution < 1.29 is 9.53 Å². The standard InChI is InChI=1S/C17H24N2O2S/c1-12(2)11-21-15-9-5-6-13(10-15)16(20)19-17(22)18-14-7-3-4-8-14/h5-6,9-10,12,14H,3-4,7-8,11H2,1-2H3,(H2,18,19,20,22). The van der Waals surface area contributed by atoms with E-state index >= 15 is 0 Å². The first kappa shape index (κ1) is 16.7. The van der Waals surface area contributed by atoms with Gasteiger partial charge in [0.25, 0.3) is 5.91 Å². The van der Waals surface area contributed by atoms with Crippen molar-refractivity contribution >= 4 is 23.2 Å². The van der Waals surface area contributed by atoms with Crippen molar-refractivity contribution in [1.82, 2.24) is 10.6 Å². The number of carbonyl (C=O) groups excluding carboxylic acids is 1. The molecular weight excluding hydrogens is 296 g/mol. The molecule has 1 fully saturated rings. The van der Waals surface area contributed by atoms with Crippen molar-refractivity contribution in [3.8, 4) is 5.75 Å². The quantitative estimate of drug-likeness (QED) is 0.818. The molecule has 0 atom stereocenters. The number of carbonyl (C=O) groups is 1. The molecule has 1 aliphatic rings. The summed E-state index contributed by atoms with van der Waals surface area (Å²) in [6.45, 7) is 4.81. The Bertz CT molecular complexity index is 525. The van der Waals surface area contributed by atoms with Gasteiger partial charge in [-0.3, -0.25) is 10.1 Å². The van der Waals surface area contributed by atoms with Crippen molar-refractivity contribution in [2.75, 3.05) is 6.61 Å². The molecule has 0 bridgehead atoms. The number of amides is 1. The van der Waals surface area contributed by atoms with E-state index in [1.165, 1.54) is 12.8 Å². The number of thiocarbonyl (C=S) groups is 1. The molecule has 4 nitrogen and oxygen atoms in total. The number of hydrogen-bond acceptors (Lipinski definition) is 3. The van der Waals surface area contributed by atoms with E-state index in [0.29, 0.717) is 35.0 Å². The van der Waals surface area contributed by atoms with Gasteiger partial charge in [-0.25, -0.2) is 0 Å². The molecular formula is C17H24N2O2S. The molecule has 22 heavy (non-hydrogen) atoms. The van der Waals surface area contributed by atoms with Crippen LogP contribution in [0.2, 0.25) is 0 Å². The summed E-state index contributed by atoms with van der Waals surface area (Å²) in [6.07, 6.45) is 4.69. The highest BCUT2D eigenvalue weighted by Gasteiger charge is 2.17. The van der Waals surface area contributed by atoms with Crippen LogP contribution >= 0.6 is 12.2 Å². The molecule has 120 valence electrons. The maximum atomic E-state index is 12.2. The van der Waals surface area contributed by atoms with Crippen molar-refractivity contribution in [2.45, 2.75) is 45.6 Å². The van der Waals surface area contributed by atoms with E-state index < -0.39 is 0 Å². The topological polar surface area (TPSA) is 50.4 Å². The summed E-state index contributed by atoms with van der Waals surface area (Å²) in [4.78, 5) is 12.2. The highest BCUT2D eigenvalue weighted by Crippen LogP contribution is 2.17. The predicted molar refractivity (Wildman–Crippen MR) is 92.2 cm³/mol. The highest BCUT2D eigenvalue weighted by molar-refractivity contribution is 7.80. The lowest BCUT2D eigenvalue weighted by atomic mass is 10.2. The van der Waals surface area contributed by atoms with Crippen LogP contribution in [-0.4, -0.2) is 23.7 Å². The lowest BCUT2D eigenvalue weighted by Gasteiger charge is -2.15. The van der Waals surface area contributed by atoms with Crippen molar-refractivity contribution in [3.05, 3.63) is 29.8 Å². The predicted octanol–water partition coefficient (Wildman–Crippen LogP) is 3.27. The summed E-state index contributed by atoms with van der Waals surface area (Å²) in [5, 5.41) is 6.35. The van der Waals surface area contributed by atoms with Gasteiger partial charge < -0.3 is 10.1 Å². The Balaban J connectivity index is 1.88. The van der Waals surface area contributed by atoms with E-state index in [4.69, 9.17) is 17.0 Å². The highest BCUT2D eigenvalue weighted by atomic mass is 32.1. The molecule has 0 saturated heterocycles. The van der Waals surface area contributed by atoms with Gasteiger partial charge in [-0.05, 0) is 49.2 Å². The van der Waals surface area contributed by atoms with Gasteiger partial charge in [-0.1, -0.05) is 32.8 Å². The van der Waals surface area contributed by atoms with Crippen LogP contribution in [0.15, 0.2) is 24.3 Å². The average molecular weight is 320 g/mol. The van der Waals surface area contributed by atoms with Gasteiger partial charge in [0.05, 0.1) is 6.61 Å². The zero-order valence-corrected chi connectivity index (χ0v) is 14.0. The first-order valence-corrected chi connectivity index (χ1v) is 8.30. The largest absolute Gasteiger partial charge is 0.493 e. The normalized spacial score (nSPS) is 14.9. The number of nitrogens with one attached hydrogen (secondary N) is 2. The third kappa shape index (κ3) is 5.30. The Kier molecular flexibility index (Phi) is 6.19. The Morgan fingerprint density at radius 1 is 1.36 bits per heavy atom. The number of benzene rings is 1. The summed E-state index contributed by atoms with van der Waals surface area (Å²) in [5.41, 5.74) is 0.553. The number of ether oxygens (including phenoxy) is 1. The Morgan fingerprint density at radius 3 is 2.77 bits per heavy atom. The van der Waals surface area contributed by atoms with Crippen LogP contribution in [0.3, 0.4) is 0 Å². The van der Waals surface area contributed by atoms with Gasteiger partial charge in [0.1, 0.15) is 5.75 Å². The van der Waals surface area contributed by atoms with E-state index in [0.717, 1.165) is 12.8 Å². The second-order valence-electron chi connectivity index (χ2n) is 6.14. The zero-order valence-electron chi connectivity index (χ0n) is 13.2. The SMILES string of the molecule is CC(C)COc1cccc(C(=O)NC(=S)NC2CCCC2)c1. The molecule has 0 aliphatic heterocycles. The number of hydrogen-bond donors (Lipinski definition) is 2. The molecule has 2 N–H and O–H groups in total. The molecule has 1 amide bonds. The molecule has 0 heterocycles. The monoisotopic (exact) mass is 320 g/mol. The molecule has 0 aromatic heterocycles. The van der Waals surface area contributed by atoms with Crippen LogP contribution in [-0.2, 0) is 0 Å². The van der Waals surface area contributed by atoms with Crippen molar-refractivity contribution in [2.24, 2.45) is 5.92 Å². The molecule has 0 spiro atoms. The summed E-state index contributed by atoms with van der Waals surface area (Å²) >= 11 is 5.21. The lowest BCUT2D eigenvalue weighted by Crippen LogP contribution is -2.43. The van der Waals surface area contributed by atoms with Crippen LogP contribution < -0.4 is 15.4 Å². The van der Waals surface area contributed by atoms with Crippen LogP contribution in [0.25, 0.3) is 0 Å². The average Bonchev–Trinajstić information content (AvgIpc) is 2.98. The maximum absolute atomic E-state index is 12.2. The first-order chi connectivity index (χ1) is 10.5. The van der Waals surface area contributed by atoms with Gasteiger partial charge >= 0.3 is 0 Å². The van der Waals surface area contributed by atoms with E-state index in [2.05, 4.69) is 24.5 Å². The minimum Gasteiger partial charge on any atom is -0.493 e. The van der Waals surface area contributed by atoms with Crippen molar-refractivity contribution in [3.63, 3.8) is 0 Å². The van der Waals surface area contributed by atoms with E-state index in [9.17, 15) is 4.79 Å². The van der Waals surface area contributed by atoms with Gasteiger partial charge in [0, 0.05) is 11.6 Å². The molecule has 1 aliphatic carbocycles. The lowest BCUT2D eigenvalue weighted by molar-refractivity contribution is 0.0976. The van der Waals surface area contributed by atoms with Crippen LogP contribution in [0.5, 0.6) is 5.75 Å². The molecule has 2 rings (SSSR count). The van der Waals surface area contributed by atoms with Crippen LogP contribution in [0.1, 0.15) is 49.9 Å². The molecule has 1 saturated carbocycles. The summed E-state index contributed by atoms with van der Waals surface area (Å²) in [6, 6.07) is 7.58. The Morgan fingerprint density at radius 2 is 2.09 bits per heavy atom. The molecule has 5 heteroatoms. The van der Waals surface area contributed by atoms with E-state index in [1.807, 2.05) is 12.1 Å². The molecule has 0 radical (unpaired) electrons. The minimum atomic E-state index is -0.203. The van der Waals surface area contributed by atoms with Gasteiger partial charge in [0.15, 0.2) is 5.11 Å². The minimum absolute atomic E-state index is 0.203. The summed E-state index contributed by atoms with van der Waals surface area (Å²) in [7, 11) is 0. The van der Waals surface area contributed by atoms with Crippen LogP contribution in [0, 0.1) is 5.92 Å². The third-order valence-electron chi connectivity index (χ3n) is 3.60. The fraction of sp³-hybridized carbons (Fsp3) is 0.529. The first-order valence-electron chi connectivity index (χ1n) is 7.89. The van der Waals surface area contributed by atoms with Crippen LogP contribution in [0.4, 0.5) is 0 Å². The smallest absolute Gasteiger partial charge is 0.257 e. The molecule has 0 unspecified atom stereocenters. The molecule has 1 aromatic carbocycles. The zero-order chi connectivity index (χ0) is 15.9.